The molecule has 2 rings (SSSR count). The normalized spacial score (nSPS) is 12.7. The fourth-order valence-corrected chi connectivity index (χ4v) is 3.84. The molecule has 0 aliphatic rings. The summed E-state index contributed by atoms with van der Waals surface area (Å²) in [7, 11) is 0. The van der Waals surface area contributed by atoms with E-state index in [1.807, 2.05) is 0 Å². The van der Waals surface area contributed by atoms with Gasteiger partial charge in [-0.3, -0.25) is 0 Å². The lowest BCUT2D eigenvalue weighted by atomic mass is 9.97. The van der Waals surface area contributed by atoms with Gasteiger partial charge in [-0.25, -0.2) is 0 Å². The summed E-state index contributed by atoms with van der Waals surface area (Å²) in [5.74, 6) is 0. The molecule has 18 heavy (non-hydrogen) atoms. The first-order chi connectivity index (χ1) is 8.61. The van der Waals surface area contributed by atoms with Crippen LogP contribution in [-0.2, 0) is 0 Å². The maximum absolute atomic E-state index is 3.64. The van der Waals surface area contributed by atoms with E-state index in [2.05, 4.69) is 71.0 Å². The first-order valence-electron chi connectivity index (χ1n) is 6.15. The van der Waals surface area contributed by atoms with Gasteiger partial charge in [0, 0.05) is 9.85 Å². The van der Waals surface area contributed by atoms with Crippen LogP contribution >= 0.6 is 27.3 Å². The van der Waals surface area contributed by atoms with E-state index in [9.17, 15) is 0 Å². The molecule has 0 amide bonds. The zero-order valence-corrected chi connectivity index (χ0v) is 13.4. The first kappa shape index (κ1) is 13.8. The molecular formula is C15H18BrNS. The second kappa shape index (κ2) is 6.00. The highest BCUT2D eigenvalue weighted by Crippen LogP contribution is 2.32. The van der Waals surface area contributed by atoms with Crippen molar-refractivity contribution in [2.75, 3.05) is 6.54 Å². The molecule has 3 heteroatoms. The predicted molar refractivity (Wildman–Crippen MR) is 83.5 cm³/mol. The van der Waals surface area contributed by atoms with Crippen LogP contribution in [0.3, 0.4) is 0 Å². The standard InChI is InChI=1S/C15H18BrNS/c1-4-17-15(13-8-18-9-14(13)16)12-6-10(2)5-11(3)7-12/h5-9,15,17H,4H2,1-3H3. The Morgan fingerprint density at radius 3 is 2.33 bits per heavy atom. The quantitative estimate of drug-likeness (QED) is 0.850. The molecule has 1 unspecified atom stereocenters. The van der Waals surface area contributed by atoms with Gasteiger partial charge < -0.3 is 5.32 Å². The number of hydrogen-bond acceptors (Lipinski definition) is 2. The van der Waals surface area contributed by atoms with Crippen molar-refractivity contribution >= 4 is 27.3 Å². The SMILES string of the molecule is CCNC(c1cc(C)cc(C)c1)c1cscc1Br. The zero-order valence-electron chi connectivity index (χ0n) is 11.0. The van der Waals surface area contributed by atoms with Gasteiger partial charge in [0.25, 0.3) is 0 Å². The molecule has 0 fully saturated rings. The molecule has 1 aromatic carbocycles. The second-order valence-corrected chi connectivity index (χ2v) is 6.18. The molecule has 0 bridgehead atoms. The Hall–Kier alpha value is -0.640. The number of aryl methyl sites for hydroxylation is 2. The first-order valence-corrected chi connectivity index (χ1v) is 7.88. The molecule has 1 aromatic heterocycles. The van der Waals surface area contributed by atoms with E-state index in [-0.39, 0.29) is 6.04 Å². The highest BCUT2D eigenvalue weighted by molar-refractivity contribution is 9.10. The minimum atomic E-state index is 0.272. The van der Waals surface area contributed by atoms with Crippen molar-refractivity contribution in [2.24, 2.45) is 0 Å². The third-order valence-electron chi connectivity index (χ3n) is 2.94. The van der Waals surface area contributed by atoms with Crippen molar-refractivity contribution in [3.05, 3.63) is 55.7 Å². The van der Waals surface area contributed by atoms with Crippen molar-refractivity contribution < 1.29 is 0 Å². The minimum absolute atomic E-state index is 0.272. The molecule has 96 valence electrons. The van der Waals surface area contributed by atoms with Crippen molar-refractivity contribution in [1.29, 1.82) is 0 Å². The molecule has 0 saturated carbocycles. The fourth-order valence-electron chi connectivity index (χ4n) is 2.29. The average molecular weight is 324 g/mol. The van der Waals surface area contributed by atoms with Gasteiger partial charge in [-0.05, 0) is 52.8 Å². The number of benzene rings is 1. The third-order valence-corrected chi connectivity index (χ3v) is 4.69. The molecule has 0 spiro atoms. The maximum Gasteiger partial charge on any atom is 0.0596 e. The van der Waals surface area contributed by atoms with Crippen LogP contribution in [0, 0.1) is 13.8 Å². The molecular weight excluding hydrogens is 306 g/mol. The van der Waals surface area contributed by atoms with Crippen LogP contribution in [0.25, 0.3) is 0 Å². The van der Waals surface area contributed by atoms with Crippen molar-refractivity contribution in [1.82, 2.24) is 5.32 Å². The molecule has 0 aliphatic carbocycles. The lowest BCUT2D eigenvalue weighted by molar-refractivity contribution is 0.630. The van der Waals surface area contributed by atoms with E-state index < -0.39 is 0 Å². The molecule has 1 nitrogen and oxygen atoms in total. The van der Waals surface area contributed by atoms with Gasteiger partial charge in [-0.2, -0.15) is 11.3 Å². The van der Waals surface area contributed by atoms with Gasteiger partial charge in [-0.15, -0.1) is 0 Å². The molecule has 2 aromatic rings. The van der Waals surface area contributed by atoms with Crippen LogP contribution in [0.1, 0.15) is 35.2 Å². The molecule has 1 atom stereocenters. The van der Waals surface area contributed by atoms with E-state index >= 15 is 0 Å². The van der Waals surface area contributed by atoms with Crippen LogP contribution in [0.15, 0.2) is 33.4 Å². The van der Waals surface area contributed by atoms with Gasteiger partial charge in [0.15, 0.2) is 0 Å². The Labute approximate surface area is 121 Å². The van der Waals surface area contributed by atoms with E-state index in [0.29, 0.717) is 0 Å². The van der Waals surface area contributed by atoms with Gasteiger partial charge in [0.2, 0.25) is 0 Å². The number of nitrogens with one attached hydrogen (secondary N) is 1. The van der Waals surface area contributed by atoms with E-state index in [1.54, 1.807) is 11.3 Å². The van der Waals surface area contributed by atoms with Gasteiger partial charge in [-0.1, -0.05) is 36.2 Å². The second-order valence-electron chi connectivity index (χ2n) is 4.59. The number of hydrogen-bond donors (Lipinski definition) is 1. The topological polar surface area (TPSA) is 12.0 Å². The summed E-state index contributed by atoms with van der Waals surface area (Å²) in [6, 6.07) is 7.03. The van der Waals surface area contributed by atoms with Crippen LogP contribution in [0.5, 0.6) is 0 Å². The zero-order chi connectivity index (χ0) is 13.1. The Kier molecular flexibility index (Phi) is 4.60. The third kappa shape index (κ3) is 3.02. The molecule has 1 N–H and O–H groups in total. The summed E-state index contributed by atoms with van der Waals surface area (Å²) < 4.78 is 1.19. The summed E-state index contributed by atoms with van der Waals surface area (Å²) in [5.41, 5.74) is 5.30. The predicted octanol–water partition coefficient (Wildman–Crippen LogP) is 4.83. The van der Waals surface area contributed by atoms with E-state index in [4.69, 9.17) is 0 Å². The Morgan fingerprint density at radius 1 is 1.17 bits per heavy atom. The average Bonchev–Trinajstić information content (AvgIpc) is 2.71. The fraction of sp³-hybridized carbons (Fsp3) is 0.333. The Bertz CT molecular complexity index is 513. The Morgan fingerprint density at radius 2 is 1.83 bits per heavy atom. The Balaban J connectivity index is 2.44. The highest BCUT2D eigenvalue weighted by Gasteiger charge is 2.17. The molecule has 0 aliphatic heterocycles. The summed E-state index contributed by atoms with van der Waals surface area (Å²) in [4.78, 5) is 0. The molecule has 0 radical (unpaired) electrons. The number of thiophene rings is 1. The van der Waals surface area contributed by atoms with Gasteiger partial charge in [0.05, 0.1) is 6.04 Å². The highest BCUT2D eigenvalue weighted by atomic mass is 79.9. The van der Waals surface area contributed by atoms with Crippen molar-refractivity contribution in [3.8, 4) is 0 Å². The van der Waals surface area contributed by atoms with Gasteiger partial charge in [0.1, 0.15) is 0 Å². The summed E-state index contributed by atoms with van der Waals surface area (Å²) in [6.45, 7) is 7.42. The summed E-state index contributed by atoms with van der Waals surface area (Å²) in [6.07, 6.45) is 0. The minimum Gasteiger partial charge on any atom is -0.306 e. The summed E-state index contributed by atoms with van der Waals surface area (Å²) >= 11 is 5.38. The molecule has 0 saturated heterocycles. The lowest BCUT2D eigenvalue weighted by Crippen LogP contribution is -2.22. The maximum atomic E-state index is 3.64. The monoisotopic (exact) mass is 323 g/mol. The van der Waals surface area contributed by atoms with Crippen LogP contribution in [0.2, 0.25) is 0 Å². The largest absolute Gasteiger partial charge is 0.306 e. The molecule has 1 heterocycles. The number of rotatable bonds is 4. The van der Waals surface area contributed by atoms with E-state index in [0.717, 1.165) is 6.54 Å². The van der Waals surface area contributed by atoms with Crippen LogP contribution in [0.4, 0.5) is 0 Å². The number of halogens is 1. The smallest absolute Gasteiger partial charge is 0.0596 e. The lowest BCUT2D eigenvalue weighted by Gasteiger charge is -2.19. The van der Waals surface area contributed by atoms with E-state index in [1.165, 1.54) is 26.7 Å². The van der Waals surface area contributed by atoms with Gasteiger partial charge >= 0.3 is 0 Å². The summed E-state index contributed by atoms with van der Waals surface area (Å²) in [5, 5.41) is 7.93. The van der Waals surface area contributed by atoms with Crippen molar-refractivity contribution in [2.45, 2.75) is 26.8 Å². The van der Waals surface area contributed by atoms with Crippen LogP contribution in [-0.4, -0.2) is 6.54 Å². The van der Waals surface area contributed by atoms with Crippen LogP contribution < -0.4 is 5.32 Å². The van der Waals surface area contributed by atoms with Crippen molar-refractivity contribution in [3.63, 3.8) is 0 Å².